The number of carbonyl (C=O) groups excluding carboxylic acids is 2. The molecule has 1 atom stereocenters. The maximum absolute atomic E-state index is 12.5. The number of carbonyl (C=O) groups is 2. The van der Waals surface area contributed by atoms with Crippen molar-refractivity contribution in [3.8, 4) is 11.5 Å². The molecular weight excluding hydrogens is 414 g/mol. The monoisotopic (exact) mass is 443 g/mol. The van der Waals surface area contributed by atoms with Crippen LogP contribution in [0.5, 0.6) is 11.5 Å². The third-order valence-electron chi connectivity index (χ3n) is 4.47. The Hall–Kier alpha value is -3.13. The van der Waals surface area contributed by atoms with Crippen LogP contribution in [0.25, 0.3) is 0 Å². The Bertz CT molecular complexity index is 900. The molecule has 0 bridgehead atoms. The highest BCUT2D eigenvalue weighted by Crippen LogP contribution is 2.21. The second-order valence-corrected chi connectivity index (χ2v) is 7.69. The third kappa shape index (κ3) is 7.90. The van der Waals surface area contributed by atoms with E-state index in [4.69, 9.17) is 21.7 Å². The van der Waals surface area contributed by atoms with Gasteiger partial charge in [-0.3, -0.25) is 25.8 Å². The van der Waals surface area contributed by atoms with Crippen molar-refractivity contribution in [2.45, 2.75) is 46.1 Å². The molecule has 0 aliphatic carbocycles. The lowest BCUT2D eigenvalue weighted by molar-refractivity contribution is -0.123. The van der Waals surface area contributed by atoms with Crippen molar-refractivity contribution in [3.05, 3.63) is 59.7 Å². The van der Waals surface area contributed by atoms with Gasteiger partial charge in [0.2, 0.25) is 0 Å². The first kappa shape index (κ1) is 24.1. The first-order valence-corrected chi connectivity index (χ1v) is 10.6. The van der Waals surface area contributed by atoms with Crippen molar-refractivity contribution in [3.63, 3.8) is 0 Å². The highest BCUT2D eigenvalue weighted by Gasteiger charge is 2.14. The van der Waals surface area contributed by atoms with Crippen molar-refractivity contribution in [2.75, 3.05) is 6.61 Å². The summed E-state index contributed by atoms with van der Waals surface area (Å²) in [6.45, 7) is 7.85. The van der Waals surface area contributed by atoms with Gasteiger partial charge in [-0.1, -0.05) is 38.1 Å². The molecule has 166 valence electrons. The van der Waals surface area contributed by atoms with Crippen molar-refractivity contribution >= 4 is 29.1 Å². The molecule has 31 heavy (non-hydrogen) atoms. The van der Waals surface area contributed by atoms with Gasteiger partial charge in [-0.2, -0.15) is 0 Å². The van der Waals surface area contributed by atoms with Crippen LogP contribution >= 0.6 is 12.2 Å². The topological polar surface area (TPSA) is 88.7 Å². The Morgan fingerprint density at radius 2 is 1.68 bits per heavy atom. The van der Waals surface area contributed by atoms with Gasteiger partial charge in [0.25, 0.3) is 11.8 Å². The summed E-state index contributed by atoms with van der Waals surface area (Å²) in [5, 5.41) is 2.46. The summed E-state index contributed by atoms with van der Waals surface area (Å²) in [6, 6.07) is 14.5. The molecule has 0 heterocycles. The Morgan fingerprint density at radius 1 is 1.00 bits per heavy atom. The minimum Gasteiger partial charge on any atom is -0.490 e. The molecule has 0 aliphatic rings. The third-order valence-corrected chi connectivity index (χ3v) is 4.67. The van der Waals surface area contributed by atoms with Gasteiger partial charge in [-0.15, -0.1) is 0 Å². The quantitative estimate of drug-likeness (QED) is 0.426. The van der Waals surface area contributed by atoms with Crippen LogP contribution in [-0.4, -0.2) is 29.6 Å². The Labute approximate surface area is 188 Å². The first-order chi connectivity index (χ1) is 14.8. The van der Waals surface area contributed by atoms with Crippen molar-refractivity contribution < 1.29 is 19.1 Å². The van der Waals surface area contributed by atoms with Gasteiger partial charge in [0.1, 0.15) is 11.5 Å². The van der Waals surface area contributed by atoms with Gasteiger partial charge in [0.15, 0.2) is 11.7 Å². The van der Waals surface area contributed by atoms with Gasteiger partial charge in [0.05, 0.1) is 11.7 Å². The van der Waals surface area contributed by atoms with Crippen LogP contribution < -0.4 is 25.6 Å². The number of hydrogen-bond donors (Lipinski definition) is 3. The molecule has 0 aliphatic heterocycles. The van der Waals surface area contributed by atoms with E-state index < -0.39 is 11.8 Å². The predicted octanol–water partition coefficient (Wildman–Crippen LogP) is 3.70. The van der Waals surface area contributed by atoms with Gasteiger partial charge >= 0.3 is 0 Å². The summed E-state index contributed by atoms with van der Waals surface area (Å²) < 4.78 is 11.1. The maximum atomic E-state index is 12.5. The maximum Gasteiger partial charge on any atom is 0.276 e. The molecule has 2 rings (SSSR count). The number of rotatable bonds is 8. The van der Waals surface area contributed by atoms with Crippen molar-refractivity contribution in [1.29, 1.82) is 0 Å². The number of nitrogens with one attached hydrogen (secondary N) is 3. The van der Waals surface area contributed by atoms with Crippen molar-refractivity contribution in [1.82, 2.24) is 16.2 Å². The summed E-state index contributed by atoms with van der Waals surface area (Å²) >= 11 is 5.07. The van der Waals surface area contributed by atoms with Crippen LogP contribution in [0.1, 0.15) is 56.0 Å². The molecular formula is C23H29N3O4S. The van der Waals surface area contributed by atoms with Crippen LogP contribution in [0.4, 0.5) is 0 Å². The molecule has 2 amide bonds. The van der Waals surface area contributed by atoms with Crippen LogP contribution in [0, 0.1) is 0 Å². The van der Waals surface area contributed by atoms with E-state index in [1.54, 1.807) is 24.3 Å². The van der Waals surface area contributed by atoms with Gasteiger partial charge in [0, 0.05) is 0 Å². The van der Waals surface area contributed by atoms with E-state index in [0.29, 0.717) is 23.0 Å². The predicted molar refractivity (Wildman–Crippen MR) is 124 cm³/mol. The standard InChI is InChI=1S/C23H29N3O4S/c1-5-16(4)17-10-12-18(13-11-17)29-14-21(27)25-26-23(31)24-22(28)19-8-6-7-9-20(19)30-15(2)3/h6-13,15-16H,5,14H2,1-4H3,(H,25,27)(H2,24,26,28,31). The number of benzene rings is 2. The fourth-order valence-electron chi connectivity index (χ4n) is 2.65. The number of thiocarbonyl (C=S) groups is 1. The molecule has 0 saturated heterocycles. The molecule has 2 aromatic carbocycles. The summed E-state index contributed by atoms with van der Waals surface area (Å²) in [4.78, 5) is 24.4. The highest BCUT2D eigenvalue weighted by molar-refractivity contribution is 7.80. The molecule has 0 saturated carbocycles. The van der Waals surface area contributed by atoms with E-state index in [2.05, 4.69) is 30.0 Å². The van der Waals surface area contributed by atoms with E-state index in [9.17, 15) is 9.59 Å². The molecule has 7 nitrogen and oxygen atoms in total. The summed E-state index contributed by atoms with van der Waals surface area (Å²) in [6.07, 6.45) is 0.978. The lowest BCUT2D eigenvalue weighted by atomic mass is 9.99. The fourth-order valence-corrected chi connectivity index (χ4v) is 2.80. The van der Waals surface area contributed by atoms with Gasteiger partial charge < -0.3 is 9.47 Å². The van der Waals surface area contributed by atoms with E-state index >= 15 is 0 Å². The lowest BCUT2D eigenvalue weighted by Gasteiger charge is -2.15. The Balaban J connectivity index is 1.78. The number of para-hydroxylation sites is 1. The minimum atomic E-state index is -0.444. The van der Waals surface area contributed by atoms with Crippen LogP contribution in [0.15, 0.2) is 48.5 Å². The number of hydrogen-bond acceptors (Lipinski definition) is 5. The van der Waals surface area contributed by atoms with Crippen molar-refractivity contribution in [2.24, 2.45) is 0 Å². The molecule has 0 radical (unpaired) electrons. The normalized spacial score (nSPS) is 11.4. The minimum absolute atomic E-state index is 0.0457. The average molecular weight is 444 g/mol. The van der Waals surface area contributed by atoms with E-state index in [-0.39, 0.29) is 17.8 Å². The first-order valence-electron chi connectivity index (χ1n) is 10.2. The molecule has 2 aromatic rings. The molecule has 0 fully saturated rings. The second-order valence-electron chi connectivity index (χ2n) is 7.29. The number of ether oxygens (including phenoxy) is 2. The van der Waals surface area contributed by atoms with Crippen LogP contribution in [-0.2, 0) is 4.79 Å². The lowest BCUT2D eigenvalue weighted by Crippen LogP contribution is -2.49. The largest absolute Gasteiger partial charge is 0.490 e. The fraction of sp³-hybridized carbons (Fsp3) is 0.348. The highest BCUT2D eigenvalue weighted by atomic mass is 32.1. The summed E-state index contributed by atoms with van der Waals surface area (Å²) in [7, 11) is 0. The number of hydrazine groups is 1. The zero-order chi connectivity index (χ0) is 22.8. The second kappa shape index (κ2) is 11.9. The molecule has 8 heteroatoms. The molecule has 3 N–H and O–H groups in total. The van der Waals surface area contributed by atoms with E-state index in [1.807, 2.05) is 38.1 Å². The molecule has 0 spiro atoms. The Morgan fingerprint density at radius 3 is 2.32 bits per heavy atom. The zero-order valence-electron chi connectivity index (χ0n) is 18.2. The smallest absolute Gasteiger partial charge is 0.276 e. The number of amides is 2. The van der Waals surface area contributed by atoms with E-state index in [1.165, 1.54) is 5.56 Å². The Kier molecular flexibility index (Phi) is 9.27. The molecule has 0 aromatic heterocycles. The summed E-state index contributed by atoms with van der Waals surface area (Å²) in [5.74, 6) is 0.642. The average Bonchev–Trinajstić information content (AvgIpc) is 2.76. The van der Waals surface area contributed by atoms with Crippen LogP contribution in [0.3, 0.4) is 0 Å². The zero-order valence-corrected chi connectivity index (χ0v) is 19.0. The van der Waals surface area contributed by atoms with Gasteiger partial charge in [-0.25, -0.2) is 0 Å². The summed E-state index contributed by atoms with van der Waals surface area (Å²) in [5.41, 5.74) is 6.45. The van der Waals surface area contributed by atoms with Crippen LogP contribution in [0.2, 0.25) is 0 Å². The van der Waals surface area contributed by atoms with Gasteiger partial charge in [-0.05, 0) is 68.2 Å². The SMILES string of the molecule is CCC(C)c1ccc(OCC(=O)NNC(=S)NC(=O)c2ccccc2OC(C)C)cc1. The molecule has 1 unspecified atom stereocenters. The van der Waals surface area contributed by atoms with E-state index in [0.717, 1.165) is 6.42 Å².